The molecule has 0 unspecified atom stereocenters. The summed E-state index contributed by atoms with van der Waals surface area (Å²) in [5.74, 6) is -0.973. The number of thiazole rings is 1. The fourth-order valence-corrected chi connectivity index (χ4v) is 2.06. The van der Waals surface area contributed by atoms with Gasteiger partial charge in [-0.2, -0.15) is 0 Å². The van der Waals surface area contributed by atoms with Gasteiger partial charge in [-0.1, -0.05) is 29.8 Å². The quantitative estimate of drug-likeness (QED) is 0.800. The number of aromatic nitrogens is 1. The molecule has 0 aliphatic rings. The van der Waals surface area contributed by atoms with E-state index in [1.165, 1.54) is 11.3 Å². The van der Waals surface area contributed by atoms with E-state index in [4.69, 9.17) is 5.11 Å². The number of carbonyl (C=O) groups is 1. The van der Waals surface area contributed by atoms with Crippen molar-refractivity contribution in [3.63, 3.8) is 0 Å². The first kappa shape index (κ1) is 13.0. The third-order valence-corrected chi connectivity index (χ3v) is 3.03. The average Bonchev–Trinajstić information content (AvgIpc) is 2.66. The van der Waals surface area contributed by atoms with E-state index >= 15 is 0 Å². The van der Waals surface area contributed by atoms with Crippen LogP contribution in [0.3, 0.4) is 0 Å². The molecule has 0 fully saturated rings. The molecule has 0 aliphatic carbocycles. The van der Waals surface area contributed by atoms with Crippen molar-refractivity contribution in [2.45, 2.75) is 6.92 Å². The second kappa shape index (κ2) is 5.31. The Morgan fingerprint density at radius 1 is 1.44 bits per heavy atom. The molecule has 2 rings (SSSR count). The van der Waals surface area contributed by atoms with Crippen molar-refractivity contribution < 1.29 is 9.90 Å². The number of rotatable bonds is 2. The van der Waals surface area contributed by atoms with Crippen LogP contribution in [0.15, 0.2) is 30.5 Å². The van der Waals surface area contributed by atoms with Gasteiger partial charge >= 0.3 is 24.8 Å². The normalized spacial score (nSPS) is 9.56. The zero-order valence-corrected chi connectivity index (χ0v) is 8.91. The van der Waals surface area contributed by atoms with Gasteiger partial charge in [-0.25, -0.2) is 9.78 Å². The number of hydrogen-bond donors (Lipinski definition) is 1. The Kier molecular flexibility index (Phi) is 4.31. The molecule has 1 N–H and O–H groups in total. The fourth-order valence-electron chi connectivity index (χ4n) is 1.30. The van der Waals surface area contributed by atoms with Crippen LogP contribution in [0.4, 0.5) is 0 Å². The Hall–Kier alpha value is -1.08. The molecule has 0 saturated carbocycles. The maximum absolute atomic E-state index is 10.7. The van der Waals surface area contributed by atoms with Crippen LogP contribution in [-0.2, 0) is 0 Å². The topological polar surface area (TPSA) is 50.2 Å². The van der Waals surface area contributed by atoms with E-state index in [0.29, 0.717) is 0 Å². The average molecular weight is 227 g/mol. The molecule has 0 radical (unpaired) electrons. The number of aryl methyl sites for hydroxylation is 1. The molecule has 0 bridgehead atoms. The van der Waals surface area contributed by atoms with Crippen LogP contribution < -0.4 is 0 Å². The summed E-state index contributed by atoms with van der Waals surface area (Å²) in [6.45, 7) is 2.00. The Labute approximate surface area is 109 Å². The molecule has 0 saturated heterocycles. The van der Waals surface area contributed by atoms with Crippen molar-refractivity contribution in [2.75, 3.05) is 0 Å². The molecular formula is C11H10LiNO2S. The van der Waals surface area contributed by atoms with E-state index in [0.717, 1.165) is 16.0 Å². The number of hydrogen-bond acceptors (Lipinski definition) is 3. The van der Waals surface area contributed by atoms with Crippen LogP contribution >= 0.6 is 11.3 Å². The SMILES string of the molecule is Cc1cccc(-c2cnc(C(=O)O)s2)c1.[LiH]. The second-order valence-electron chi connectivity index (χ2n) is 3.20. The summed E-state index contributed by atoms with van der Waals surface area (Å²) in [5, 5.41) is 8.88. The monoisotopic (exact) mass is 227 g/mol. The van der Waals surface area contributed by atoms with Gasteiger partial charge in [0.1, 0.15) is 0 Å². The van der Waals surface area contributed by atoms with E-state index in [9.17, 15) is 4.79 Å². The summed E-state index contributed by atoms with van der Waals surface area (Å²) in [6, 6.07) is 7.92. The Balaban J connectivity index is 0.00000128. The number of carboxylic acid groups (broad SMARTS) is 1. The molecule has 1 aromatic heterocycles. The molecule has 5 heteroatoms. The van der Waals surface area contributed by atoms with E-state index < -0.39 is 5.97 Å². The summed E-state index contributed by atoms with van der Waals surface area (Å²) in [5.41, 5.74) is 2.16. The second-order valence-corrected chi connectivity index (χ2v) is 4.23. The standard InChI is InChI=1S/C11H9NO2S.Li.H/c1-7-3-2-4-8(5-7)9-6-12-10(15-9)11(13)14;;/h2-6H,1H3,(H,13,14);;. The molecule has 1 aromatic carbocycles. The first-order valence-corrected chi connectivity index (χ1v) is 5.24. The maximum atomic E-state index is 10.7. The summed E-state index contributed by atoms with van der Waals surface area (Å²) in [4.78, 5) is 15.4. The van der Waals surface area contributed by atoms with Gasteiger partial charge in [-0.05, 0) is 12.5 Å². The van der Waals surface area contributed by atoms with Gasteiger partial charge in [-0.15, -0.1) is 11.3 Å². The molecule has 2 aromatic rings. The fraction of sp³-hybridized carbons (Fsp3) is 0.0909. The molecule has 16 heavy (non-hydrogen) atoms. The Bertz CT molecular complexity index is 510. The third kappa shape index (κ3) is 2.73. The van der Waals surface area contributed by atoms with Crippen molar-refractivity contribution in [3.8, 4) is 10.4 Å². The minimum absolute atomic E-state index is 0. The molecule has 1 heterocycles. The van der Waals surface area contributed by atoms with E-state index in [-0.39, 0.29) is 23.9 Å². The molecule has 3 nitrogen and oxygen atoms in total. The van der Waals surface area contributed by atoms with Gasteiger partial charge in [0.2, 0.25) is 5.01 Å². The van der Waals surface area contributed by atoms with Crippen LogP contribution in [0.1, 0.15) is 15.4 Å². The van der Waals surface area contributed by atoms with Crippen LogP contribution in [0.2, 0.25) is 0 Å². The third-order valence-electron chi connectivity index (χ3n) is 1.99. The predicted molar refractivity (Wildman–Crippen MR) is 66.4 cm³/mol. The molecule has 0 atom stereocenters. The number of aromatic carboxylic acids is 1. The minimum atomic E-state index is -0.973. The van der Waals surface area contributed by atoms with Gasteiger partial charge in [0.25, 0.3) is 0 Å². The first-order valence-electron chi connectivity index (χ1n) is 4.43. The van der Waals surface area contributed by atoms with E-state index in [2.05, 4.69) is 4.98 Å². The molecule has 78 valence electrons. The van der Waals surface area contributed by atoms with Crippen molar-refractivity contribution in [1.82, 2.24) is 4.98 Å². The van der Waals surface area contributed by atoms with Gasteiger partial charge in [-0.3, -0.25) is 0 Å². The van der Waals surface area contributed by atoms with E-state index in [1.54, 1.807) is 6.20 Å². The number of carboxylic acids is 1. The van der Waals surface area contributed by atoms with Crippen molar-refractivity contribution in [3.05, 3.63) is 41.0 Å². The summed E-state index contributed by atoms with van der Waals surface area (Å²) >= 11 is 1.19. The molecule has 0 spiro atoms. The van der Waals surface area contributed by atoms with Crippen LogP contribution in [0, 0.1) is 6.92 Å². The van der Waals surface area contributed by atoms with Gasteiger partial charge in [0, 0.05) is 6.20 Å². The van der Waals surface area contributed by atoms with Gasteiger partial charge in [0.15, 0.2) is 0 Å². The first-order chi connectivity index (χ1) is 7.16. The van der Waals surface area contributed by atoms with Gasteiger partial charge < -0.3 is 5.11 Å². The zero-order valence-electron chi connectivity index (χ0n) is 8.10. The zero-order chi connectivity index (χ0) is 10.8. The van der Waals surface area contributed by atoms with Crippen LogP contribution in [-0.4, -0.2) is 34.9 Å². The van der Waals surface area contributed by atoms with Crippen LogP contribution in [0.25, 0.3) is 10.4 Å². The molecule has 0 amide bonds. The summed E-state index contributed by atoms with van der Waals surface area (Å²) in [6.07, 6.45) is 1.60. The number of nitrogens with zero attached hydrogens (tertiary/aromatic N) is 1. The van der Waals surface area contributed by atoms with Crippen LogP contribution in [0.5, 0.6) is 0 Å². The van der Waals surface area contributed by atoms with E-state index in [1.807, 2.05) is 31.2 Å². The summed E-state index contributed by atoms with van der Waals surface area (Å²) in [7, 11) is 0. The van der Waals surface area contributed by atoms with Crippen molar-refractivity contribution in [1.29, 1.82) is 0 Å². The molecular weight excluding hydrogens is 217 g/mol. The van der Waals surface area contributed by atoms with Crippen molar-refractivity contribution >= 4 is 36.2 Å². The predicted octanol–water partition coefficient (Wildman–Crippen LogP) is 2.17. The summed E-state index contributed by atoms with van der Waals surface area (Å²) < 4.78 is 0. The number of benzene rings is 1. The Morgan fingerprint density at radius 3 is 2.75 bits per heavy atom. The molecule has 0 aliphatic heterocycles. The Morgan fingerprint density at radius 2 is 2.19 bits per heavy atom. The van der Waals surface area contributed by atoms with Crippen molar-refractivity contribution in [2.24, 2.45) is 0 Å². The van der Waals surface area contributed by atoms with Gasteiger partial charge in [0.05, 0.1) is 4.88 Å².